The maximum atomic E-state index is 12.5. The van der Waals surface area contributed by atoms with Crippen molar-refractivity contribution in [3.8, 4) is 5.75 Å². The van der Waals surface area contributed by atoms with Crippen LogP contribution in [0, 0.1) is 0 Å². The molecule has 2 aliphatic heterocycles. The van der Waals surface area contributed by atoms with E-state index in [4.69, 9.17) is 9.47 Å². The summed E-state index contributed by atoms with van der Waals surface area (Å²) in [7, 11) is 5.62. The van der Waals surface area contributed by atoms with Gasteiger partial charge < -0.3 is 14.4 Å². The predicted molar refractivity (Wildman–Crippen MR) is 106 cm³/mol. The van der Waals surface area contributed by atoms with E-state index in [1.54, 1.807) is 14.2 Å². The molecule has 0 radical (unpaired) electrons. The lowest BCUT2D eigenvalue weighted by molar-refractivity contribution is -0.131. The van der Waals surface area contributed by atoms with E-state index in [0.29, 0.717) is 19.6 Å². The van der Waals surface area contributed by atoms with Gasteiger partial charge in [-0.15, -0.1) is 0 Å². The van der Waals surface area contributed by atoms with Gasteiger partial charge in [0.1, 0.15) is 5.75 Å². The maximum absolute atomic E-state index is 12.5. The summed E-state index contributed by atoms with van der Waals surface area (Å²) < 4.78 is 10.5. The largest absolute Gasteiger partial charge is 0.497 e. The molecule has 3 rings (SSSR count). The summed E-state index contributed by atoms with van der Waals surface area (Å²) in [6.45, 7) is 6.14. The van der Waals surface area contributed by atoms with E-state index in [9.17, 15) is 4.79 Å². The highest BCUT2D eigenvalue weighted by atomic mass is 16.5. The highest BCUT2D eigenvalue weighted by molar-refractivity contribution is 5.76. The van der Waals surface area contributed by atoms with Gasteiger partial charge in [-0.3, -0.25) is 14.6 Å². The van der Waals surface area contributed by atoms with Crippen molar-refractivity contribution in [1.29, 1.82) is 0 Å². The molecule has 0 aliphatic carbocycles. The van der Waals surface area contributed by atoms with Gasteiger partial charge in [0.2, 0.25) is 5.91 Å². The van der Waals surface area contributed by atoms with Crippen LogP contribution in [0.25, 0.3) is 0 Å². The van der Waals surface area contributed by atoms with Crippen molar-refractivity contribution in [1.82, 2.24) is 14.7 Å². The molecule has 1 spiro atoms. The number of likely N-dealkylation sites (tertiary alicyclic amines) is 1. The number of amides is 1. The minimum absolute atomic E-state index is 0.0780. The highest BCUT2D eigenvalue weighted by Crippen LogP contribution is 2.32. The summed E-state index contributed by atoms with van der Waals surface area (Å²) in [6.07, 6.45) is 2.58. The summed E-state index contributed by atoms with van der Waals surface area (Å²) in [6, 6.07) is 8.32. The fraction of sp³-hybridized carbons (Fsp3) is 0.667. The first kappa shape index (κ1) is 20.1. The summed E-state index contributed by atoms with van der Waals surface area (Å²) in [5.41, 5.74) is 1.36. The van der Waals surface area contributed by atoms with Crippen molar-refractivity contribution in [2.75, 3.05) is 60.6 Å². The average molecular weight is 376 g/mol. The molecule has 0 bridgehead atoms. The predicted octanol–water partition coefficient (Wildman–Crippen LogP) is 1.84. The number of nitrogens with zero attached hydrogens (tertiary/aromatic N) is 3. The lowest BCUT2D eigenvalue weighted by atomic mass is 9.86. The molecule has 1 atom stereocenters. The van der Waals surface area contributed by atoms with E-state index >= 15 is 0 Å². The zero-order valence-corrected chi connectivity index (χ0v) is 16.9. The van der Waals surface area contributed by atoms with Crippen LogP contribution < -0.4 is 4.74 Å². The zero-order chi connectivity index (χ0) is 19.3. The van der Waals surface area contributed by atoms with Crippen LogP contribution >= 0.6 is 0 Å². The second-order valence-corrected chi connectivity index (χ2v) is 7.83. The van der Waals surface area contributed by atoms with Gasteiger partial charge in [-0.1, -0.05) is 12.1 Å². The Labute approximate surface area is 163 Å². The first-order chi connectivity index (χ1) is 13.1. The van der Waals surface area contributed by atoms with Gasteiger partial charge in [0.15, 0.2) is 0 Å². The lowest BCUT2D eigenvalue weighted by Crippen LogP contribution is -2.60. The Bertz CT molecular complexity index is 639. The summed E-state index contributed by atoms with van der Waals surface area (Å²) in [5.74, 6) is 1.17. The van der Waals surface area contributed by atoms with Crippen LogP contribution in [0.1, 0.15) is 24.8 Å². The minimum atomic E-state index is 0.0780. The van der Waals surface area contributed by atoms with Crippen LogP contribution in [0.4, 0.5) is 0 Å². The first-order valence-corrected chi connectivity index (χ1v) is 9.89. The number of carbonyl (C=O) groups is 1. The molecule has 0 saturated carbocycles. The molecular weight excluding hydrogens is 342 g/mol. The fourth-order valence-corrected chi connectivity index (χ4v) is 4.38. The molecule has 1 aromatic carbocycles. The Hall–Kier alpha value is -1.63. The van der Waals surface area contributed by atoms with Crippen LogP contribution in [0.2, 0.25) is 0 Å². The Balaban J connectivity index is 1.67. The van der Waals surface area contributed by atoms with Crippen LogP contribution in [-0.4, -0.2) is 86.7 Å². The Morgan fingerprint density at radius 3 is 2.78 bits per heavy atom. The Kier molecular flexibility index (Phi) is 6.73. The maximum Gasteiger partial charge on any atom is 0.222 e. The van der Waals surface area contributed by atoms with Crippen LogP contribution in [0.3, 0.4) is 0 Å². The Morgan fingerprint density at radius 1 is 1.15 bits per heavy atom. The molecule has 2 heterocycles. The number of methoxy groups -OCH3 is 2. The van der Waals surface area contributed by atoms with E-state index in [2.05, 4.69) is 35.0 Å². The molecule has 1 amide bonds. The quantitative estimate of drug-likeness (QED) is 0.759. The van der Waals surface area contributed by atoms with Gasteiger partial charge in [-0.05, 0) is 37.6 Å². The molecule has 2 aliphatic rings. The monoisotopic (exact) mass is 375 g/mol. The third-order valence-electron chi connectivity index (χ3n) is 6.19. The first-order valence-electron chi connectivity index (χ1n) is 9.89. The number of carbonyl (C=O) groups excluding carboxylic acids is 1. The molecule has 2 saturated heterocycles. The normalized spacial score (nSPS) is 25.0. The number of hydrogen-bond acceptors (Lipinski definition) is 5. The van der Waals surface area contributed by atoms with Crippen molar-refractivity contribution in [2.45, 2.75) is 31.3 Å². The molecule has 2 fully saturated rings. The number of likely N-dealkylation sites (N-methyl/N-ethyl adjacent to an activating group) is 1. The third-order valence-corrected chi connectivity index (χ3v) is 6.19. The fourth-order valence-electron chi connectivity index (χ4n) is 4.38. The summed E-state index contributed by atoms with van der Waals surface area (Å²) in [4.78, 5) is 19.5. The second kappa shape index (κ2) is 9.04. The number of hydrogen-bond donors (Lipinski definition) is 0. The summed E-state index contributed by atoms with van der Waals surface area (Å²) in [5, 5.41) is 0. The molecule has 0 unspecified atom stereocenters. The van der Waals surface area contributed by atoms with E-state index < -0.39 is 0 Å². The van der Waals surface area contributed by atoms with Crippen molar-refractivity contribution < 1.29 is 14.3 Å². The third kappa shape index (κ3) is 4.81. The van der Waals surface area contributed by atoms with E-state index in [1.165, 1.54) is 5.56 Å². The molecular formula is C21H33N3O3. The van der Waals surface area contributed by atoms with Crippen LogP contribution in [0.15, 0.2) is 24.3 Å². The van der Waals surface area contributed by atoms with Crippen molar-refractivity contribution in [3.05, 3.63) is 29.8 Å². The van der Waals surface area contributed by atoms with Gasteiger partial charge in [-0.2, -0.15) is 0 Å². The van der Waals surface area contributed by atoms with Gasteiger partial charge >= 0.3 is 0 Å². The standard InChI is InChI=1S/C21H33N3O3/c1-22-11-12-23(16-18-5-4-6-19(15-18)27-3)17-21(22)8-7-20(25)24(10-9-21)13-14-26-2/h4-6,15H,7-14,16-17H2,1-3H3/t21-/m1/s1. The lowest BCUT2D eigenvalue weighted by Gasteiger charge is -2.49. The second-order valence-electron chi connectivity index (χ2n) is 7.83. The number of benzene rings is 1. The molecule has 0 aromatic heterocycles. The Morgan fingerprint density at radius 2 is 2.00 bits per heavy atom. The smallest absolute Gasteiger partial charge is 0.222 e. The van der Waals surface area contributed by atoms with Gasteiger partial charge in [0, 0.05) is 58.3 Å². The van der Waals surface area contributed by atoms with Gasteiger partial charge in [0.25, 0.3) is 0 Å². The molecule has 150 valence electrons. The highest BCUT2D eigenvalue weighted by Gasteiger charge is 2.42. The SMILES string of the molecule is COCCN1CC[C@]2(CCC1=O)CN(Cc1cccc(OC)c1)CCN2C. The number of ether oxygens (including phenoxy) is 2. The van der Waals surface area contributed by atoms with Crippen molar-refractivity contribution in [3.63, 3.8) is 0 Å². The topological polar surface area (TPSA) is 45.3 Å². The van der Waals surface area contributed by atoms with E-state index in [1.807, 2.05) is 11.0 Å². The van der Waals surface area contributed by atoms with Crippen molar-refractivity contribution >= 4 is 5.91 Å². The number of piperazine rings is 1. The van der Waals surface area contributed by atoms with Crippen LogP contribution in [-0.2, 0) is 16.1 Å². The molecule has 6 nitrogen and oxygen atoms in total. The van der Waals surface area contributed by atoms with Gasteiger partial charge in [0.05, 0.1) is 13.7 Å². The molecule has 6 heteroatoms. The van der Waals surface area contributed by atoms with E-state index in [0.717, 1.165) is 51.3 Å². The minimum Gasteiger partial charge on any atom is -0.497 e. The van der Waals surface area contributed by atoms with Crippen LogP contribution in [0.5, 0.6) is 5.75 Å². The molecule has 1 aromatic rings. The molecule has 27 heavy (non-hydrogen) atoms. The van der Waals surface area contributed by atoms with Crippen molar-refractivity contribution in [2.24, 2.45) is 0 Å². The van der Waals surface area contributed by atoms with Gasteiger partial charge in [-0.25, -0.2) is 0 Å². The zero-order valence-electron chi connectivity index (χ0n) is 16.9. The molecule has 0 N–H and O–H groups in total. The number of rotatable bonds is 6. The summed E-state index contributed by atoms with van der Waals surface area (Å²) >= 11 is 0. The average Bonchev–Trinajstić information content (AvgIpc) is 2.83. The van der Waals surface area contributed by atoms with E-state index in [-0.39, 0.29) is 11.4 Å².